The molecule has 0 radical (unpaired) electrons. The van der Waals surface area contributed by atoms with Gasteiger partial charge in [-0.25, -0.2) is 4.39 Å². The molecule has 0 aromatic heterocycles. The minimum atomic E-state index is -1.08. The molecule has 0 amide bonds. The van der Waals surface area contributed by atoms with Crippen molar-refractivity contribution in [3.63, 3.8) is 0 Å². The molecule has 0 saturated heterocycles. The summed E-state index contributed by atoms with van der Waals surface area (Å²) in [6.07, 6.45) is 1.60. The van der Waals surface area contributed by atoms with Crippen molar-refractivity contribution in [1.82, 2.24) is 0 Å². The van der Waals surface area contributed by atoms with Crippen LogP contribution in [0.25, 0.3) is 11.3 Å². The number of rotatable bonds is 3. The fourth-order valence-corrected chi connectivity index (χ4v) is 3.16. The van der Waals surface area contributed by atoms with Gasteiger partial charge in [-0.2, -0.15) is 0 Å². The molecular weight excluding hydrogens is 327 g/mol. The van der Waals surface area contributed by atoms with E-state index in [0.29, 0.717) is 27.4 Å². The highest BCUT2D eigenvalue weighted by Crippen LogP contribution is 2.41. The first-order valence-corrected chi connectivity index (χ1v) is 9.03. The van der Waals surface area contributed by atoms with Crippen LogP contribution in [0.15, 0.2) is 53.4 Å². The van der Waals surface area contributed by atoms with E-state index in [4.69, 9.17) is 4.74 Å². The van der Waals surface area contributed by atoms with E-state index in [-0.39, 0.29) is 11.6 Å². The summed E-state index contributed by atoms with van der Waals surface area (Å²) in [6.45, 7) is 3.42. The SMILES string of the molecule is CS(=O)c1ccc(C2=C(c3ccc(F)cc3)OC(C)(C)C2=O)cc1. The van der Waals surface area contributed by atoms with Crippen molar-refractivity contribution < 1.29 is 18.1 Å². The quantitative estimate of drug-likeness (QED) is 0.850. The van der Waals surface area contributed by atoms with Crippen molar-refractivity contribution in [1.29, 1.82) is 0 Å². The molecule has 1 unspecified atom stereocenters. The molecule has 0 fully saturated rings. The lowest BCUT2D eigenvalue weighted by molar-refractivity contribution is -0.125. The molecule has 0 spiro atoms. The highest BCUT2D eigenvalue weighted by Gasteiger charge is 2.42. The van der Waals surface area contributed by atoms with E-state index >= 15 is 0 Å². The third-order valence-corrected chi connectivity index (χ3v) is 4.88. The average molecular weight is 344 g/mol. The highest BCUT2D eigenvalue weighted by molar-refractivity contribution is 7.84. The van der Waals surface area contributed by atoms with Crippen LogP contribution in [0.1, 0.15) is 25.0 Å². The number of ether oxygens (including phenoxy) is 1. The number of carbonyl (C=O) groups excluding carboxylic acids is 1. The first-order valence-electron chi connectivity index (χ1n) is 7.47. The molecule has 1 heterocycles. The number of hydrogen-bond donors (Lipinski definition) is 0. The molecule has 3 rings (SSSR count). The van der Waals surface area contributed by atoms with Gasteiger partial charge in [-0.05, 0) is 55.8 Å². The number of carbonyl (C=O) groups is 1. The monoisotopic (exact) mass is 344 g/mol. The molecule has 1 aliphatic rings. The Morgan fingerprint density at radius 1 is 0.958 bits per heavy atom. The molecule has 24 heavy (non-hydrogen) atoms. The van der Waals surface area contributed by atoms with Crippen LogP contribution in [-0.2, 0) is 20.3 Å². The summed E-state index contributed by atoms with van der Waals surface area (Å²) in [5, 5.41) is 0. The number of ketones is 1. The van der Waals surface area contributed by atoms with Crippen LogP contribution in [0.3, 0.4) is 0 Å². The lowest BCUT2D eigenvalue weighted by Gasteiger charge is -2.17. The second kappa shape index (κ2) is 5.98. The van der Waals surface area contributed by atoms with Gasteiger partial charge in [0.2, 0.25) is 5.78 Å². The average Bonchev–Trinajstić information content (AvgIpc) is 2.78. The maximum absolute atomic E-state index is 13.2. The van der Waals surface area contributed by atoms with E-state index < -0.39 is 16.4 Å². The molecule has 0 N–H and O–H groups in total. The van der Waals surface area contributed by atoms with Crippen LogP contribution >= 0.6 is 0 Å². The fourth-order valence-electron chi connectivity index (χ4n) is 2.64. The molecular formula is C19H17FO3S. The van der Waals surface area contributed by atoms with Crippen LogP contribution in [-0.4, -0.2) is 21.8 Å². The molecule has 1 atom stereocenters. The second-order valence-corrected chi connectivity index (χ2v) is 7.51. The molecule has 3 nitrogen and oxygen atoms in total. The van der Waals surface area contributed by atoms with Crippen molar-refractivity contribution in [2.75, 3.05) is 6.26 Å². The lowest BCUT2D eigenvalue weighted by Crippen LogP contribution is -2.29. The Morgan fingerprint density at radius 3 is 2.04 bits per heavy atom. The molecule has 2 aromatic carbocycles. The summed E-state index contributed by atoms with van der Waals surface area (Å²) >= 11 is 0. The van der Waals surface area contributed by atoms with Crippen molar-refractivity contribution in [3.05, 3.63) is 65.5 Å². The van der Waals surface area contributed by atoms with Crippen LogP contribution in [0.4, 0.5) is 4.39 Å². The van der Waals surface area contributed by atoms with Crippen molar-refractivity contribution >= 4 is 27.9 Å². The smallest absolute Gasteiger partial charge is 0.210 e. The van der Waals surface area contributed by atoms with Gasteiger partial charge in [-0.15, -0.1) is 0 Å². The van der Waals surface area contributed by atoms with E-state index in [1.165, 1.54) is 12.1 Å². The van der Waals surface area contributed by atoms with Gasteiger partial charge in [-0.3, -0.25) is 9.00 Å². The summed E-state index contributed by atoms with van der Waals surface area (Å²) in [5.74, 6) is -0.0400. The maximum atomic E-state index is 13.2. The van der Waals surface area contributed by atoms with Gasteiger partial charge in [0.15, 0.2) is 5.60 Å². The Kier molecular flexibility index (Phi) is 4.13. The fraction of sp³-hybridized carbons (Fsp3) is 0.211. The predicted molar refractivity (Wildman–Crippen MR) is 92.2 cm³/mol. The lowest BCUT2D eigenvalue weighted by atomic mass is 9.93. The normalized spacial score (nSPS) is 17.8. The Bertz CT molecular complexity index is 849. The summed E-state index contributed by atoms with van der Waals surface area (Å²) in [7, 11) is -1.08. The number of hydrogen-bond acceptors (Lipinski definition) is 3. The van der Waals surface area contributed by atoms with Gasteiger partial charge in [0, 0.05) is 27.5 Å². The summed E-state index contributed by atoms with van der Waals surface area (Å²) in [6, 6.07) is 12.9. The van der Waals surface area contributed by atoms with Gasteiger partial charge in [0.25, 0.3) is 0 Å². The Labute approximate surface area is 142 Å². The minimum absolute atomic E-state index is 0.132. The van der Waals surface area contributed by atoms with Gasteiger partial charge in [0.1, 0.15) is 11.6 Å². The zero-order chi connectivity index (χ0) is 17.5. The first-order chi connectivity index (χ1) is 11.3. The van der Waals surface area contributed by atoms with Gasteiger partial charge < -0.3 is 4.74 Å². The second-order valence-electron chi connectivity index (χ2n) is 6.13. The molecule has 0 saturated carbocycles. The van der Waals surface area contributed by atoms with Crippen LogP contribution < -0.4 is 0 Å². The largest absolute Gasteiger partial charge is 0.478 e. The van der Waals surface area contributed by atoms with E-state index in [2.05, 4.69) is 0 Å². The van der Waals surface area contributed by atoms with Crippen molar-refractivity contribution in [3.8, 4) is 0 Å². The number of benzene rings is 2. The molecule has 124 valence electrons. The van der Waals surface area contributed by atoms with Crippen molar-refractivity contribution in [2.24, 2.45) is 0 Å². The highest BCUT2D eigenvalue weighted by atomic mass is 32.2. The molecule has 1 aliphatic heterocycles. The van der Waals surface area contributed by atoms with Gasteiger partial charge in [-0.1, -0.05) is 12.1 Å². The minimum Gasteiger partial charge on any atom is -0.478 e. The zero-order valence-electron chi connectivity index (χ0n) is 13.6. The van der Waals surface area contributed by atoms with E-state index in [1.54, 1.807) is 56.5 Å². The third-order valence-electron chi connectivity index (χ3n) is 3.94. The van der Waals surface area contributed by atoms with E-state index in [1.807, 2.05) is 0 Å². The van der Waals surface area contributed by atoms with Crippen LogP contribution in [0.5, 0.6) is 0 Å². The Hall–Kier alpha value is -2.27. The molecule has 0 aliphatic carbocycles. The van der Waals surface area contributed by atoms with Crippen LogP contribution in [0, 0.1) is 5.82 Å². The summed E-state index contributed by atoms with van der Waals surface area (Å²) < 4.78 is 30.6. The van der Waals surface area contributed by atoms with E-state index in [9.17, 15) is 13.4 Å². The zero-order valence-corrected chi connectivity index (χ0v) is 14.4. The standard InChI is InChI=1S/C19H17FO3S/c1-19(2)18(21)16(12-6-10-15(11-7-12)24(3)22)17(23-19)13-4-8-14(20)9-5-13/h4-11H,1-3H3. The maximum Gasteiger partial charge on any atom is 0.210 e. The van der Waals surface area contributed by atoms with Gasteiger partial charge in [0.05, 0.1) is 5.57 Å². The Balaban J connectivity index is 2.14. The van der Waals surface area contributed by atoms with Crippen molar-refractivity contribution in [2.45, 2.75) is 24.3 Å². The molecule has 0 bridgehead atoms. The predicted octanol–water partition coefficient (Wildman–Crippen LogP) is 3.81. The summed E-state index contributed by atoms with van der Waals surface area (Å²) in [5.41, 5.74) is 0.818. The molecule has 5 heteroatoms. The molecule has 2 aromatic rings. The number of halogens is 1. The topological polar surface area (TPSA) is 43.4 Å². The van der Waals surface area contributed by atoms with Crippen LogP contribution in [0.2, 0.25) is 0 Å². The van der Waals surface area contributed by atoms with E-state index in [0.717, 1.165) is 0 Å². The first kappa shape index (κ1) is 16.6. The number of Topliss-reactive ketones (excluding diaryl/α,β-unsaturated/α-hetero) is 1. The van der Waals surface area contributed by atoms with Gasteiger partial charge >= 0.3 is 0 Å². The summed E-state index contributed by atoms with van der Waals surface area (Å²) in [4.78, 5) is 13.5. The third kappa shape index (κ3) is 2.91. The Morgan fingerprint density at radius 2 is 1.50 bits per heavy atom.